The molecule has 4 nitrogen and oxygen atoms in total. The van der Waals surface area contributed by atoms with Gasteiger partial charge in [0, 0.05) is 5.56 Å². The third-order valence-electron chi connectivity index (χ3n) is 3.56. The maximum Gasteiger partial charge on any atom is 0.271 e. The first-order valence-corrected chi connectivity index (χ1v) is 7.81. The standard InChI is InChI=1S/C20H18N2O2/c1-2-24-19-9-5-6-15(12-19)14-21-22-20(23)18-11-10-16-7-3-4-8-17(16)13-18/h3-14H,2H2,1H3,(H,22,23)/b21-14-. The van der Waals surface area contributed by atoms with Crippen molar-refractivity contribution in [1.29, 1.82) is 0 Å². The number of benzene rings is 3. The summed E-state index contributed by atoms with van der Waals surface area (Å²) >= 11 is 0. The summed E-state index contributed by atoms with van der Waals surface area (Å²) in [7, 11) is 0. The zero-order chi connectivity index (χ0) is 16.8. The fourth-order valence-corrected chi connectivity index (χ4v) is 2.41. The topological polar surface area (TPSA) is 50.7 Å². The molecular formula is C20H18N2O2. The fraction of sp³-hybridized carbons (Fsp3) is 0.100. The number of rotatable bonds is 5. The van der Waals surface area contributed by atoms with Gasteiger partial charge in [0.05, 0.1) is 12.8 Å². The van der Waals surface area contributed by atoms with E-state index in [9.17, 15) is 4.79 Å². The molecule has 0 radical (unpaired) electrons. The van der Waals surface area contributed by atoms with Crippen molar-refractivity contribution < 1.29 is 9.53 Å². The lowest BCUT2D eigenvalue weighted by Gasteiger charge is -2.04. The Labute approximate surface area is 140 Å². The Kier molecular flexibility index (Phi) is 4.87. The van der Waals surface area contributed by atoms with Crippen LogP contribution in [0.4, 0.5) is 0 Å². The molecule has 1 N–H and O–H groups in total. The minimum atomic E-state index is -0.238. The number of hydrogen-bond acceptors (Lipinski definition) is 3. The molecule has 0 aliphatic rings. The Morgan fingerprint density at radius 1 is 1.04 bits per heavy atom. The van der Waals surface area contributed by atoms with E-state index in [4.69, 9.17) is 4.74 Å². The Bertz CT molecular complexity index is 887. The molecule has 0 unspecified atom stereocenters. The Balaban J connectivity index is 1.68. The van der Waals surface area contributed by atoms with Crippen LogP contribution in [0.1, 0.15) is 22.8 Å². The quantitative estimate of drug-likeness (QED) is 0.571. The van der Waals surface area contributed by atoms with Gasteiger partial charge in [-0.05, 0) is 47.5 Å². The lowest BCUT2D eigenvalue weighted by molar-refractivity contribution is 0.0955. The van der Waals surface area contributed by atoms with Crippen LogP contribution in [0.2, 0.25) is 0 Å². The maximum absolute atomic E-state index is 12.2. The summed E-state index contributed by atoms with van der Waals surface area (Å²) in [6.45, 7) is 2.55. The summed E-state index contributed by atoms with van der Waals surface area (Å²) in [5.74, 6) is 0.542. The lowest BCUT2D eigenvalue weighted by Crippen LogP contribution is -2.17. The van der Waals surface area contributed by atoms with Gasteiger partial charge in [0.15, 0.2) is 0 Å². The van der Waals surface area contributed by atoms with Crippen molar-refractivity contribution in [2.45, 2.75) is 6.92 Å². The molecule has 0 atom stereocenters. The van der Waals surface area contributed by atoms with Gasteiger partial charge in [0.2, 0.25) is 0 Å². The minimum Gasteiger partial charge on any atom is -0.494 e. The molecule has 0 aliphatic heterocycles. The van der Waals surface area contributed by atoms with E-state index in [1.54, 1.807) is 12.3 Å². The Hall–Kier alpha value is -3.14. The Morgan fingerprint density at radius 3 is 2.71 bits per heavy atom. The van der Waals surface area contributed by atoms with Gasteiger partial charge < -0.3 is 4.74 Å². The highest BCUT2D eigenvalue weighted by Gasteiger charge is 2.04. The number of amides is 1. The van der Waals surface area contributed by atoms with Crippen LogP contribution in [0, 0.1) is 0 Å². The fourth-order valence-electron chi connectivity index (χ4n) is 2.41. The average molecular weight is 318 g/mol. The predicted molar refractivity (Wildman–Crippen MR) is 96.6 cm³/mol. The van der Waals surface area contributed by atoms with Gasteiger partial charge >= 0.3 is 0 Å². The van der Waals surface area contributed by atoms with E-state index in [0.717, 1.165) is 22.1 Å². The van der Waals surface area contributed by atoms with Crippen molar-refractivity contribution >= 4 is 22.9 Å². The second-order valence-corrected chi connectivity index (χ2v) is 5.27. The van der Waals surface area contributed by atoms with Crippen LogP contribution in [0.25, 0.3) is 10.8 Å². The summed E-state index contributed by atoms with van der Waals surface area (Å²) < 4.78 is 5.44. The van der Waals surface area contributed by atoms with Crippen LogP contribution in [0.3, 0.4) is 0 Å². The van der Waals surface area contributed by atoms with Gasteiger partial charge in [-0.15, -0.1) is 0 Å². The largest absolute Gasteiger partial charge is 0.494 e. The molecular weight excluding hydrogens is 300 g/mol. The monoisotopic (exact) mass is 318 g/mol. The zero-order valence-corrected chi connectivity index (χ0v) is 13.4. The van der Waals surface area contributed by atoms with Crippen LogP contribution in [0.5, 0.6) is 5.75 Å². The molecule has 120 valence electrons. The molecule has 0 saturated heterocycles. The number of carbonyl (C=O) groups excluding carboxylic acids is 1. The highest BCUT2D eigenvalue weighted by molar-refractivity contribution is 5.98. The number of nitrogens with one attached hydrogen (secondary N) is 1. The Morgan fingerprint density at radius 2 is 1.88 bits per heavy atom. The summed E-state index contributed by atoms with van der Waals surface area (Å²) in [6.07, 6.45) is 1.60. The molecule has 3 rings (SSSR count). The van der Waals surface area contributed by atoms with Crippen LogP contribution in [-0.4, -0.2) is 18.7 Å². The molecule has 1 amide bonds. The average Bonchev–Trinajstić information content (AvgIpc) is 2.62. The number of carbonyl (C=O) groups is 1. The normalized spacial score (nSPS) is 10.9. The second kappa shape index (κ2) is 7.42. The van der Waals surface area contributed by atoms with Crippen molar-refractivity contribution in [2.75, 3.05) is 6.61 Å². The summed E-state index contributed by atoms with van der Waals surface area (Å²) in [6, 6.07) is 21.0. The smallest absolute Gasteiger partial charge is 0.271 e. The van der Waals surface area contributed by atoms with Gasteiger partial charge in [-0.2, -0.15) is 5.10 Å². The van der Waals surface area contributed by atoms with Gasteiger partial charge in [-0.25, -0.2) is 5.43 Å². The first kappa shape index (κ1) is 15.7. The number of hydrazone groups is 1. The van der Waals surface area contributed by atoms with E-state index < -0.39 is 0 Å². The van der Waals surface area contributed by atoms with Crippen molar-refractivity contribution in [3.63, 3.8) is 0 Å². The molecule has 0 heterocycles. The molecule has 3 aromatic carbocycles. The van der Waals surface area contributed by atoms with Crippen molar-refractivity contribution in [3.05, 3.63) is 77.9 Å². The molecule has 0 saturated carbocycles. The molecule has 3 aromatic rings. The predicted octanol–water partition coefficient (Wildman–Crippen LogP) is 4.00. The minimum absolute atomic E-state index is 0.238. The van der Waals surface area contributed by atoms with E-state index in [0.29, 0.717) is 12.2 Å². The highest BCUT2D eigenvalue weighted by atomic mass is 16.5. The van der Waals surface area contributed by atoms with Crippen molar-refractivity contribution in [1.82, 2.24) is 5.43 Å². The van der Waals surface area contributed by atoms with Gasteiger partial charge in [0.1, 0.15) is 5.75 Å². The highest BCUT2D eigenvalue weighted by Crippen LogP contribution is 2.15. The van der Waals surface area contributed by atoms with Gasteiger partial charge in [-0.1, -0.05) is 42.5 Å². The van der Waals surface area contributed by atoms with E-state index >= 15 is 0 Å². The summed E-state index contributed by atoms with van der Waals surface area (Å²) in [5.41, 5.74) is 3.99. The van der Waals surface area contributed by atoms with E-state index in [2.05, 4.69) is 10.5 Å². The molecule has 0 bridgehead atoms. The second-order valence-electron chi connectivity index (χ2n) is 5.27. The number of ether oxygens (including phenoxy) is 1. The third kappa shape index (κ3) is 3.79. The summed E-state index contributed by atoms with van der Waals surface area (Å²) in [5, 5.41) is 6.15. The van der Waals surface area contributed by atoms with Crippen molar-refractivity contribution in [2.24, 2.45) is 5.10 Å². The van der Waals surface area contributed by atoms with Gasteiger partial charge in [0.25, 0.3) is 5.91 Å². The van der Waals surface area contributed by atoms with Gasteiger partial charge in [-0.3, -0.25) is 4.79 Å². The van der Waals surface area contributed by atoms with E-state index in [1.807, 2.05) is 67.6 Å². The lowest BCUT2D eigenvalue weighted by atomic mass is 10.1. The molecule has 4 heteroatoms. The summed E-state index contributed by atoms with van der Waals surface area (Å²) in [4.78, 5) is 12.2. The van der Waals surface area contributed by atoms with Crippen LogP contribution in [0.15, 0.2) is 71.8 Å². The molecule has 0 aromatic heterocycles. The number of nitrogens with zero attached hydrogens (tertiary/aromatic N) is 1. The van der Waals surface area contributed by atoms with E-state index in [-0.39, 0.29) is 5.91 Å². The number of fused-ring (bicyclic) bond motifs is 1. The van der Waals surface area contributed by atoms with E-state index in [1.165, 1.54) is 0 Å². The van der Waals surface area contributed by atoms with Crippen LogP contribution >= 0.6 is 0 Å². The van der Waals surface area contributed by atoms with Crippen LogP contribution < -0.4 is 10.2 Å². The number of hydrogen-bond donors (Lipinski definition) is 1. The SMILES string of the molecule is CCOc1cccc(/C=N\NC(=O)c2ccc3ccccc3c2)c1. The first-order valence-electron chi connectivity index (χ1n) is 7.81. The van der Waals surface area contributed by atoms with Crippen molar-refractivity contribution in [3.8, 4) is 5.75 Å². The van der Waals surface area contributed by atoms with Crippen LogP contribution in [-0.2, 0) is 0 Å². The third-order valence-corrected chi connectivity index (χ3v) is 3.56. The molecule has 24 heavy (non-hydrogen) atoms. The first-order chi connectivity index (χ1) is 11.8. The molecule has 0 aliphatic carbocycles. The molecule has 0 fully saturated rings. The molecule has 0 spiro atoms. The zero-order valence-electron chi connectivity index (χ0n) is 13.4. The maximum atomic E-state index is 12.2.